The van der Waals surface area contributed by atoms with Crippen molar-refractivity contribution < 1.29 is 14.4 Å². The van der Waals surface area contributed by atoms with Crippen molar-refractivity contribution in [3.05, 3.63) is 24.3 Å². The topological polar surface area (TPSA) is 69.7 Å². The minimum atomic E-state index is -0.881. The largest absolute Gasteiger partial charge is 0.372 e. The number of nitrogens with zero attached hydrogens (tertiary/aromatic N) is 2. The number of nitrogens with one attached hydrogen (secondary N) is 1. The van der Waals surface area contributed by atoms with Crippen LogP contribution in [0.5, 0.6) is 0 Å². The monoisotopic (exact) mass is 259 g/mol. The lowest BCUT2D eigenvalue weighted by Gasteiger charge is -2.19. The second kappa shape index (κ2) is 4.38. The molecule has 3 rings (SSSR count). The number of amides is 4. The summed E-state index contributed by atoms with van der Waals surface area (Å²) in [5, 5.41) is 1.97. The lowest BCUT2D eigenvalue weighted by molar-refractivity contribution is -0.134. The van der Waals surface area contributed by atoms with Gasteiger partial charge in [0.1, 0.15) is 0 Å². The van der Waals surface area contributed by atoms with Crippen molar-refractivity contribution in [3.63, 3.8) is 0 Å². The first kappa shape index (κ1) is 11.7. The van der Waals surface area contributed by atoms with Gasteiger partial charge in [0.2, 0.25) is 0 Å². The molecule has 0 aliphatic carbocycles. The third kappa shape index (κ3) is 1.95. The maximum absolute atomic E-state index is 11.5. The maximum Gasteiger partial charge on any atom is 0.336 e. The summed E-state index contributed by atoms with van der Waals surface area (Å²) in [6.45, 7) is 2.06. The smallest absolute Gasteiger partial charge is 0.336 e. The molecule has 4 amide bonds. The summed E-state index contributed by atoms with van der Waals surface area (Å²) in [7, 11) is 0. The van der Waals surface area contributed by atoms with Crippen LogP contribution in [0.2, 0.25) is 0 Å². The van der Waals surface area contributed by atoms with Crippen LogP contribution in [-0.4, -0.2) is 30.9 Å². The average Bonchev–Trinajstić information content (AvgIpc) is 3.00. The number of carbonyl (C=O) groups is 3. The number of imide groups is 2. The van der Waals surface area contributed by atoms with E-state index in [-0.39, 0.29) is 0 Å². The second-order valence-electron chi connectivity index (χ2n) is 4.61. The molecular formula is C13H13N3O3. The fourth-order valence-corrected chi connectivity index (χ4v) is 2.42. The molecule has 0 unspecified atom stereocenters. The SMILES string of the molecule is O=C1NC(=O)N(c2ccc(N3CCCC3)cc2)C1=O. The van der Waals surface area contributed by atoms with E-state index in [2.05, 4.69) is 4.90 Å². The Morgan fingerprint density at radius 2 is 1.47 bits per heavy atom. The van der Waals surface area contributed by atoms with Crippen molar-refractivity contribution in [1.82, 2.24) is 5.32 Å². The van der Waals surface area contributed by atoms with Crippen molar-refractivity contribution in [2.45, 2.75) is 12.8 Å². The van der Waals surface area contributed by atoms with Crippen LogP contribution in [0.15, 0.2) is 24.3 Å². The van der Waals surface area contributed by atoms with Crippen LogP contribution in [0, 0.1) is 0 Å². The van der Waals surface area contributed by atoms with Crippen LogP contribution in [0.25, 0.3) is 0 Å². The summed E-state index contributed by atoms with van der Waals surface area (Å²) in [5.41, 5.74) is 1.48. The molecule has 0 spiro atoms. The lowest BCUT2D eigenvalue weighted by Crippen LogP contribution is -2.30. The Balaban J connectivity index is 1.84. The van der Waals surface area contributed by atoms with Gasteiger partial charge in [0.25, 0.3) is 0 Å². The fraction of sp³-hybridized carbons (Fsp3) is 0.308. The van der Waals surface area contributed by atoms with Crippen LogP contribution in [0.4, 0.5) is 16.2 Å². The summed E-state index contributed by atoms with van der Waals surface area (Å²) < 4.78 is 0. The van der Waals surface area contributed by atoms with Crippen molar-refractivity contribution in [2.75, 3.05) is 22.9 Å². The van der Waals surface area contributed by atoms with Gasteiger partial charge in [-0.3, -0.25) is 14.9 Å². The standard InChI is InChI=1S/C13H13N3O3/c17-11-12(18)16(13(19)14-11)10-5-3-9(4-6-10)15-7-1-2-8-15/h3-6H,1-2,7-8H2,(H,14,17,19). The molecule has 1 N–H and O–H groups in total. The van der Waals surface area contributed by atoms with Crippen molar-refractivity contribution in [1.29, 1.82) is 0 Å². The zero-order chi connectivity index (χ0) is 13.4. The van der Waals surface area contributed by atoms with Gasteiger partial charge in [0.05, 0.1) is 5.69 Å². The van der Waals surface area contributed by atoms with E-state index in [1.807, 2.05) is 17.4 Å². The first-order valence-corrected chi connectivity index (χ1v) is 6.21. The summed E-state index contributed by atoms with van der Waals surface area (Å²) >= 11 is 0. The van der Waals surface area contributed by atoms with E-state index in [1.54, 1.807) is 12.1 Å². The maximum atomic E-state index is 11.5. The third-order valence-electron chi connectivity index (χ3n) is 3.40. The zero-order valence-electron chi connectivity index (χ0n) is 10.3. The van der Waals surface area contributed by atoms with Gasteiger partial charge in [-0.1, -0.05) is 0 Å². The Morgan fingerprint density at radius 1 is 0.895 bits per heavy atom. The van der Waals surface area contributed by atoms with Crippen LogP contribution < -0.4 is 15.1 Å². The number of rotatable bonds is 2. The van der Waals surface area contributed by atoms with Crippen LogP contribution in [0.1, 0.15) is 12.8 Å². The molecule has 1 aromatic carbocycles. The highest BCUT2D eigenvalue weighted by molar-refractivity contribution is 6.53. The first-order valence-electron chi connectivity index (χ1n) is 6.21. The number of hydrogen-bond acceptors (Lipinski definition) is 4. The molecule has 0 bridgehead atoms. The fourth-order valence-electron chi connectivity index (χ4n) is 2.42. The van der Waals surface area contributed by atoms with Gasteiger partial charge >= 0.3 is 17.8 Å². The van der Waals surface area contributed by atoms with Gasteiger partial charge in [-0.15, -0.1) is 0 Å². The highest BCUT2D eigenvalue weighted by atomic mass is 16.2. The molecule has 98 valence electrons. The van der Waals surface area contributed by atoms with Gasteiger partial charge in [-0.05, 0) is 37.1 Å². The number of carbonyl (C=O) groups excluding carboxylic acids is 3. The van der Waals surface area contributed by atoms with Crippen molar-refractivity contribution in [2.24, 2.45) is 0 Å². The van der Waals surface area contributed by atoms with Gasteiger partial charge in [-0.25, -0.2) is 9.69 Å². The molecule has 0 aromatic heterocycles. The van der Waals surface area contributed by atoms with E-state index in [9.17, 15) is 14.4 Å². The third-order valence-corrected chi connectivity index (χ3v) is 3.40. The Hall–Kier alpha value is -2.37. The van der Waals surface area contributed by atoms with E-state index in [0.717, 1.165) is 23.7 Å². The van der Waals surface area contributed by atoms with Crippen LogP contribution in [-0.2, 0) is 9.59 Å². The van der Waals surface area contributed by atoms with Crippen LogP contribution >= 0.6 is 0 Å². The van der Waals surface area contributed by atoms with Crippen LogP contribution in [0.3, 0.4) is 0 Å². The summed E-state index contributed by atoms with van der Waals surface area (Å²) in [4.78, 5) is 37.3. The van der Waals surface area contributed by atoms with E-state index in [4.69, 9.17) is 0 Å². The molecule has 0 radical (unpaired) electrons. The molecule has 2 aliphatic rings. The molecule has 2 aliphatic heterocycles. The molecule has 6 heteroatoms. The molecule has 2 fully saturated rings. The minimum absolute atomic E-state index is 0.413. The Labute approximate surface area is 110 Å². The molecule has 6 nitrogen and oxygen atoms in total. The highest BCUT2D eigenvalue weighted by Crippen LogP contribution is 2.24. The Bertz CT molecular complexity index is 547. The highest BCUT2D eigenvalue weighted by Gasteiger charge is 2.37. The van der Waals surface area contributed by atoms with E-state index in [0.29, 0.717) is 5.69 Å². The number of urea groups is 1. The number of benzene rings is 1. The van der Waals surface area contributed by atoms with E-state index >= 15 is 0 Å². The predicted molar refractivity (Wildman–Crippen MR) is 68.9 cm³/mol. The first-order chi connectivity index (χ1) is 9.16. The molecule has 19 heavy (non-hydrogen) atoms. The number of anilines is 2. The predicted octanol–water partition coefficient (Wildman–Crippen LogP) is 0.870. The van der Waals surface area contributed by atoms with Gasteiger partial charge in [0.15, 0.2) is 0 Å². The lowest BCUT2D eigenvalue weighted by atomic mass is 10.2. The van der Waals surface area contributed by atoms with Gasteiger partial charge < -0.3 is 4.90 Å². The molecule has 0 saturated carbocycles. The quantitative estimate of drug-likeness (QED) is 0.632. The zero-order valence-corrected chi connectivity index (χ0v) is 10.3. The van der Waals surface area contributed by atoms with Gasteiger partial charge in [0, 0.05) is 18.8 Å². The van der Waals surface area contributed by atoms with Crippen molar-refractivity contribution >= 4 is 29.2 Å². The van der Waals surface area contributed by atoms with E-state index in [1.165, 1.54) is 12.8 Å². The second-order valence-corrected chi connectivity index (χ2v) is 4.61. The summed E-state index contributed by atoms with van der Waals surface area (Å²) in [5.74, 6) is -1.72. The number of hydrogen-bond donors (Lipinski definition) is 1. The molecule has 0 atom stereocenters. The molecular weight excluding hydrogens is 246 g/mol. The summed E-state index contributed by atoms with van der Waals surface area (Å²) in [6, 6.07) is 6.41. The minimum Gasteiger partial charge on any atom is -0.372 e. The normalized spacial score (nSPS) is 19.3. The summed E-state index contributed by atoms with van der Waals surface area (Å²) in [6.07, 6.45) is 2.37. The average molecular weight is 259 g/mol. The molecule has 2 heterocycles. The Kier molecular flexibility index (Phi) is 2.70. The molecule has 2 saturated heterocycles. The van der Waals surface area contributed by atoms with Crippen molar-refractivity contribution in [3.8, 4) is 0 Å². The van der Waals surface area contributed by atoms with E-state index < -0.39 is 17.8 Å². The Morgan fingerprint density at radius 3 is 2.00 bits per heavy atom. The van der Waals surface area contributed by atoms with Gasteiger partial charge in [-0.2, -0.15) is 0 Å². The molecule has 1 aromatic rings.